The maximum Gasteiger partial charge on any atom is 0.115 e. The summed E-state index contributed by atoms with van der Waals surface area (Å²) in [5.41, 5.74) is 2.22. The third-order valence-electron chi connectivity index (χ3n) is 2.12. The van der Waals surface area contributed by atoms with E-state index in [9.17, 15) is 0 Å². The molecule has 0 fully saturated rings. The van der Waals surface area contributed by atoms with Gasteiger partial charge in [0.15, 0.2) is 0 Å². The molecule has 2 nitrogen and oxygen atoms in total. The van der Waals surface area contributed by atoms with Crippen molar-refractivity contribution in [1.82, 2.24) is 9.97 Å². The predicted octanol–water partition coefficient (Wildman–Crippen LogP) is 3.64. The lowest BCUT2D eigenvalue weighted by Gasteiger charge is -2.05. The van der Waals surface area contributed by atoms with E-state index in [1.54, 1.807) is 6.33 Å². The summed E-state index contributed by atoms with van der Waals surface area (Å²) in [4.78, 5) is 9.33. The minimum absolute atomic E-state index is 0.617. The van der Waals surface area contributed by atoms with E-state index in [2.05, 4.69) is 48.1 Å². The van der Waals surface area contributed by atoms with E-state index in [-0.39, 0.29) is 0 Å². The lowest BCUT2D eigenvalue weighted by Crippen LogP contribution is -1.86. The number of aromatic nitrogens is 2. The van der Waals surface area contributed by atoms with Gasteiger partial charge in [0.2, 0.25) is 0 Å². The smallest absolute Gasteiger partial charge is 0.115 e. The number of hydrogen-bond acceptors (Lipinski definition) is 3. The molecule has 0 bridgehead atoms. The van der Waals surface area contributed by atoms with Gasteiger partial charge in [-0.25, -0.2) is 9.97 Å². The van der Waals surface area contributed by atoms with Crippen molar-refractivity contribution < 1.29 is 0 Å². The number of hydrogen-bond donors (Lipinski definition) is 0. The van der Waals surface area contributed by atoms with Gasteiger partial charge in [0.25, 0.3) is 0 Å². The molecule has 0 unspecified atom stereocenters. The molecule has 16 heavy (non-hydrogen) atoms. The summed E-state index contributed by atoms with van der Waals surface area (Å²) in [6.07, 6.45) is 5.21. The SMILES string of the molecule is CC(C)Sc1ccc(-c2cncnc2)cc1. The fourth-order valence-corrected chi connectivity index (χ4v) is 2.28. The van der Waals surface area contributed by atoms with Crippen molar-refractivity contribution in [2.24, 2.45) is 0 Å². The maximum absolute atomic E-state index is 4.02. The summed E-state index contributed by atoms with van der Waals surface area (Å²) in [6.45, 7) is 4.40. The number of rotatable bonds is 3. The molecule has 0 saturated heterocycles. The lowest BCUT2D eigenvalue weighted by atomic mass is 10.1. The van der Waals surface area contributed by atoms with Crippen LogP contribution in [0.4, 0.5) is 0 Å². The molecule has 0 aliphatic heterocycles. The molecule has 0 aliphatic rings. The highest BCUT2D eigenvalue weighted by Gasteiger charge is 2.00. The van der Waals surface area contributed by atoms with Gasteiger partial charge in [-0.3, -0.25) is 0 Å². The van der Waals surface area contributed by atoms with Crippen LogP contribution in [0.15, 0.2) is 47.9 Å². The Bertz CT molecular complexity index is 437. The average Bonchev–Trinajstić information content (AvgIpc) is 2.30. The fourth-order valence-electron chi connectivity index (χ4n) is 1.45. The monoisotopic (exact) mass is 230 g/mol. The topological polar surface area (TPSA) is 25.8 Å². The van der Waals surface area contributed by atoms with Crippen LogP contribution in [-0.2, 0) is 0 Å². The van der Waals surface area contributed by atoms with Gasteiger partial charge >= 0.3 is 0 Å². The Labute approximate surface area is 100 Å². The molecule has 1 heterocycles. The summed E-state index contributed by atoms with van der Waals surface area (Å²) in [6, 6.07) is 8.52. The first-order chi connectivity index (χ1) is 7.75. The minimum atomic E-state index is 0.617. The molecule has 0 N–H and O–H groups in total. The van der Waals surface area contributed by atoms with Crippen LogP contribution < -0.4 is 0 Å². The normalized spacial score (nSPS) is 10.7. The first-order valence-electron chi connectivity index (χ1n) is 5.28. The van der Waals surface area contributed by atoms with Crippen molar-refractivity contribution >= 4 is 11.8 Å². The third kappa shape index (κ3) is 2.83. The van der Waals surface area contributed by atoms with E-state index in [0.717, 1.165) is 11.1 Å². The van der Waals surface area contributed by atoms with Gasteiger partial charge in [-0.1, -0.05) is 26.0 Å². The van der Waals surface area contributed by atoms with Gasteiger partial charge in [-0.2, -0.15) is 0 Å². The molecule has 0 radical (unpaired) electrons. The standard InChI is InChI=1S/C13H14N2S/c1-10(2)16-13-5-3-11(4-6-13)12-7-14-9-15-8-12/h3-10H,1-2H3. The van der Waals surface area contributed by atoms with E-state index < -0.39 is 0 Å². The highest BCUT2D eigenvalue weighted by atomic mass is 32.2. The molecule has 82 valence electrons. The van der Waals surface area contributed by atoms with Crippen molar-refractivity contribution in [3.8, 4) is 11.1 Å². The molecule has 0 spiro atoms. The minimum Gasteiger partial charge on any atom is -0.244 e. The van der Waals surface area contributed by atoms with E-state index in [1.165, 1.54) is 4.90 Å². The fraction of sp³-hybridized carbons (Fsp3) is 0.231. The van der Waals surface area contributed by atoms with Crippen LogP contribution in [-0.4, -0.2) is 15.2 Å². The lowest BCUT2D eigenvalue weighted by molar-refractivity contribution is 1.11. The van der Waals surface area contributed by atoms with Gasteiger partial charge in [0, 0.05) is 28.1 Å². The summed E-state index contributed by atoms with van der Waals surface area (Å²) in [5.74, 6) is 0. The zero-order valence-corrected chi connectivity index (χ0v) is 10.2. The molecule has 0 atom stereocenters. The second kappa shape index (κ2) is 5.12. The molecule has 2 aromatic rings. The Morgan fingerprint density at radius 3 is 2.12 bits per heavy atom. The Balaban J connectivity index is 2.20. The molecule has 0 saturated carbocycles. The molecule has 2 rings (SSSR count). The Morgan fingerprint density at radius 1 is 0.938 bits per heavy atom. The van der Waals surface area contributed by atoms with Crippen LogP contribution >= 0.6 is 11.8 Å². The maximum atomic E-state index is 4.02. The van der Waals surface area contributed by atoms with Crippen molar-refractivity contribution in [3.63, 3.8) is 0 Å². The van der Waals surface area contributed by atoms with Crippen LogP contribution in [0.3, 0.4) is 0 Å². The van der Waals surface area contributed by atoms with Crippen LogP contribution in [0, 0.1) is 0 Å². The zero-order chi connectivity index (χ0) is 11.4. The van der Waals surface area contributed by atoms with Crippen molar-refractivity contribution in [1.29, 1.82) is 0 Å². The van der Waals surface area contributed by atoms with Crippen LogP contribution in [0.1, 0.15) is 13.8 Å². The quantitative estimate of drug-likeness (QED) is 0.753. The zero-order valence-electron chi connectivity index (χ0n) is 9.42. The summed E-state index contributed by atoms with van der Waals surface area (Å²) in [5, 5.41) is 0.617. The number of benzene rings is 1. The first-order valence-corrected chi connectivity index (χ1v) is 6.16. The molecule has 1 aromatic carbocycles. The van der Waals surface area contributed by atoms with Gasteiger partial charge in [0.05, 0.1) is 0 Å². The van der Waals surface area contributed by atoms with Crippen molar-refractivity contribution in [2.75, 3.05) is 0 Å². The largest absolute Gasteiger partial charge is 0.244 e. The average molecular weight is 230 g/mol. The predicted molar refractivity (Wildman–Crippen MR) is 68.5 cm³/mol. The van der Waals surface area contributed by atoms with Gasteiger partial charge in [0.1, 0.15) is 6.33 Å². The highest BCUT2D eigenvalue weighted by molar-refractivity contribution is 7.99. The van der Waals surface area contributed by atoms with E-state index >= 15 is 0 Å². The molecule has 1 aromatic heterocycles. The Hall–Kier alpha value is -1.35. The summed E-state index contributed by atoms with van der Waals surface area (Å²) < 4.78 is 0. The van der Waals surface area contributed by atoms with Gasteiger partial charge < -0.3 is 0 Å². The Morgan fingerprint density at radius 2 is 1.56 bits per heavy atom. The molecular formula is C13H14N2S. The second-order valence-corrected chi connectivity index (χ2v) is 5.47. The Kier molecular flexibility index (Phi) is 3.57. The van der Waals surface area contributed by atoms with Crippen LogP contribution in [0.2, 0.25) is 0 Å². The molecule has 3 heteroatoms. The summed E-state index contributed by atoms with van der Waals surface area (Å²) in [7, 11) is 0. The highest BCUT2D eigenvalue weighted by Crippen LogP contribution is 2.25. The second-order valence-electron chi connectivity index (χ2n) is 3.82. The van der Waals surface area contributed by atoms with Gasteiger partial charge in [-0.05, 0) is 17.7 Å². The van der Waals surface area contributed by atoms with Crippen LogP contribution in [0.25, 0.3) is 11.1 Å². The van der Waals surface area contributed by atoms with Crippen LogP contribution in [0.5, 0.6) is 0 Å². The molecule has 0 amide bonds. The molecular weight excluding hydrogens is 216 g/mol. The van der Waals surface area contributed by atoms with Crippen molar-refractivity contribution in [2.45, 2.75) is 24.0 Å². The number of thioether (sulfide) groups is 1. The van der Waals surface area contributed by atoms with E-state index in [4.69, 9.17) is 0 Å². The van der Waals surface area contributed by atoms with E-state index in [0.29, 0.717) is 5.25 Å². The first kappa shape index (κ1) is 11.1. The summed E-state index contributed by atoms with van der Waals surface area (Å²) >= 11 is 1.87. The molecule has 0 aliphatic carbocycles. The van der Waals surface area contributed by atoms with Gasteiger partial charge in [-0.15, -0.1) is 11.8 Å². The third-order valence-corrected chi connectivity index (χ3v) is 3.14. The van der Waals surface area contributed by atoms with Crippen molar-refractivity contribution in [3.05, 3.63) is 43.0 Å². The van der Waals surface area contributed by atoms with E-state index in [1.807, 2.05) is 24.2 Å². The number of nitrogens with zero attached hydrogens (tertiary/aromatic N) is 2.